The van der Waals surface area contributed by atoms with E-state index in [1.807, 2.05) is 0 Å². The molecule has 0 spiro atoms. The molecule has 18 heavy (non-hydrogen) atoms. The molecule has 4 atom stereocenters. The van der Waals surface area contributed by atoms with Gasteiger partial charge in [-0.3, -0.25) is 4.79 Å². The third kappa shape index (κ3) is 5.30. The number of unbranched alkanes of at least 4 members (excludes halogenated alkanes) is 2. The highest BCUT2D eigenvalue weighted by molar-refractivity contribution is 5.66. The van der Waals surface area contributed by atoms with Gasteiger partial charge < -0.3 is 24.8 Å². The lowest BCUT2D eigenvalue weighted by molar-refractivity contribution is -0.261. The SMILES string of the molecule is CC1O[C@@H](OCCCCCC(=O)O)C(O)C[C@H]1O. The van der Waals surface area contributed by atoms with E-state index in [9.17, 15) is 15.0 Å². The molecule has 1 heterocycles. The number of carboxylic acids is 1. The average molecular weight is 262 g/mol. The van der Waals surface area contributed by atoms with E-state index in [4.69, 9.17) is 14.6 Å². The Hall–Kier alpha value is -0.690. The lowest BCUT2D eigenvalue weighted by Crippen LogP contribution is -2.47. The first-order valence-corrected chi connectivity index (χ1v) is 6.35. The number of rotatable bonds is 7. The molecule has 1 aliphatic rings. The van der Waals surface area contributed by atoms with Crippen LogP contribution < -0.4 is 0 Å². The second-order valence-electron chi connectivity index (χ2n) is 4.66. The van der Waals surface area contributed by atoms with E-state index >= 15 is 0 Å². The van der Waals surface area contributed by atoms with Crippen molar-refractivity contribution in [2.45, 2.75) is 63.6 Å². The van der Waals surface area contributed by atoms with Crippen molar-refractivity contribution in [3.63, 3.8) is 0 Å². The van der Waals surface area contributed by atoms with Crippen LogP contribution in [0.4, 0.5) is 0 Å². The fraction of sp³-hybridized carbons (Fsp3) is 0.917. The Morgan fingerprint density at radius 1 is 1.28 bits per heavy atom. The number of carbonyl (C=O) groups is 1. The van der Waals surface area contributed by atoms with Gasteiger partial charge in [0.1, 0.15) is 6.10 Å². The largest absolute Gasteiger partial charge is 0.481 e. The summed E-state index contributed by atoms with van der Waals surface area (Å²) in [6, 6.07) is 0. The Bertz CT molecular complexity index is 257. The fourth-order valence-electron chi connectivity index (χ4n) is 1.85. The molecule has 0 aromatic carbocycles. The normalized spacial score (nSPS) is 32.4. The summed E-state index contributed by atoms with van der Waals surface area (Å²) in [5.74, 6) is -0.787. The Kier molecular flexibility index (Phi) is 6.56. The molecule has 0 amide bonds. The molecule has 1 saturated heterocycles. The van der Waals surface area contributed by atoms with Crippen LogP contribution in [0, 0.1) is 0 Å². The van der Waals surface area contributed by atoms with Crippen molar-refractivity contribution in [3.8, 4) is 0 Å². The Balaban J connectivity index is 2.09. The number of hydrogen-bond acceptors (Lipinski definition) is 5. The molecule has 0 aliphatic carbocycles. The zero-order chi connectivity index (χ0) is 13.5. The number of hydrogen-bond donors (Lipinski definition) is 3. The summed E-state index contributed by atoms with van der Waals surface area (Å²) in [4.78, 5) is 10.3. The number of ether oxygens (including phenoxy) is 2. The van der Waals surface area contributed by atoms with Gasteiger partial charge in [-0.05, 0) is 19.8 Å². The predicted molar refractivity (Wildman–Crippen MR) is 63.0 cm³/mol. The third-order valence-corrected chi connectivity index (χ3v) is 3.00. The molecule has 1 fully saturated rings. The summed E-state index contributed by atoms with van der Waals surface area (Å²) in [6.07, 6.45) is 0.0571. The van der Waals surface area contributed by atoms with Gasteiger partial charge in [0.15, 0.2) is 6.29 Å². The number of aliphatic hydroxyl groups excluding tert-OH is 2. The highest BCUT2D eigenvalue weighted by Crippen LogP contribution is 2.21. The number of aliphatic carboxylic acids is 1. The first-order chi connectivity index (χ1) is 8.50. The van der Waals surface area contributed by atoms with Gasteiger partial charge in [-0.2, -0.15) is 0 Å². The second kappa shape index (κ2) is 7.68. The van der Waals surface area contributed by atoms with Gasteiger partial charge in [0, 0.05) is 19.4 Å². The minimum absolute atomic E-state index is 0.172. The summed E-state index contributed by atoms with van der Waals surface area (Å²) in [6.45, 7) is 2.16. The summed E-state index contributed by atoms with van der Waals surface area (Å²) in [5.41, 5.74) is 0. The molecule has 106 valence electrons. The van der Waals surface area contributed by atoms with Crippen molar-refractivity contribution in [1.82, 2.24) is 0 Å². The Labute approximate surface area is 107 Å². The second-order valence-corrected chi connectivity index (χ2v) is 4.66. The summed E-state index contributed by atoms with van der Waals surface area (Å²) < 4.78 is 10.7. The van der Waals surface area contributed by atoms with Crippen molar-refractivity contribution in [2.75, 3.05) is 6.61 Å². The van der Waals surface area contributed by atoms with Gasteiger partial charge in [0.2, 0.25) is 0 Å². The van der Waals surface area contributed by atoms with Crippen LogP contribution in [0.15, 0.2) is 0 Å². The monoisotopic (exact) mass is 262 g/mol. The minimum atomic E-state index is -0.810. The lowest BCUT2D eigenvalue weighted by atomic mass is 10.0. The van der Waals surface area contributed by atoms with Crippen LogP contribution >= 0.6 is 0 Å². The molecular weight excluding hydrogens is 240 g/mol. The molecule has 2 unspecified atom stereocenters. The number of aliphatic hydroxyl groups is 2. The van der Waals surface area contributed by atoms with Crippen molar-refractivity contribution in [1.29, 1.82) is 0 Å². The van der Waals surface area contributed by atoms with Crippen LogP contribution in [0.2, 0.25) is 0 Å². The van der Waals surface area contributed by atoms with Crippen molar-refractivity contribution in [2.24, 2.45) is 0 Å². The highest BCUT2D eigenvalue weighted by Gasteiger charge is 2.34. The molecule has 0 aromatic heterocycles. The van der Waals surface area contributed by atoms with Gasteiger partial charge >= 0.3 is 5.97 Å². The maximum absolute atomic E-state index is 10.3. The quantitative estimate of drug-likeness (QED) is 0.578. The van der Waals surface area contributed by atoms with Crippen LogP contribution in [0.5, 0.6) is 0 Å². The fourth-order valence-corrected chi connectivity index (χ4v) is 1.85. The van der Waals surface area contributed by atoms with Crippen molar-refractivity contribution < 1.29 is 29.6 Å². The van der Waals surface area contributed by atoms with E-state index in [2.05, 4.69) is 0 Å². The van der Waals surface area contributed by atoms with Gasteiger partial charge in [-0.1, -0.05) is 6.42 Å². The number of carboxylic acid groups (broad SMARTS) is 1. The Morgan fingerprint density at radius 2 is 2.00 bits per heavy atom. The minimum Gasteiger partial charge on any atom is -0.481 e. The van der Waals surface area contributed by atoms with E-state index in [0.29, 0.717) is 13.0 Å². The first kappa shape index (κ1) is 15.4. The van der Waals surface area contributed by atoms with Crippen molar-refractivity contribution >= 4 is 5.97 Å². The zero-order valence-corrected chi connectivity index (χ0v) is 10.6. The molecule has 0 bridgehead atoms. The van der Waals surface area contributed by atoms with Crippen LogP contribution in [-0.2, 0) is 14.3 Å². The topological polar surface area (TPSA) is 96.2 Å². The van der Waals surface area contributed by atoms with Crippen LogP contribution in [-0.4, -0.2) is 52.5 Å². The van der Waals surface area contributed by atoms with Crippen LogP contribution in [0.1, 0.15) is 39.0 Å². The van der Waals surface area contributed by atoms with E-state index in [1.165, 1.54) is 0 Å². The third-order valence-electron chi connectivity index (χ3n) is 3.00. The zero-order valence-electron chi connectivity index (χ0n) is 10.6. The predicted octanol–water partition coefficient (Wildman–Crippen LogP) is 0.505. The summed E-state index contributed by atoms with van der Waals surface area (Å²) >= 11 is 0. The van der Waals surface area contributed by atoms with Crippen molar-refractivity contribution in [3.05, 3.63) is 0 Å². The molecular formula is C12H22O6. The average Bonchev–Trinajstić information content (AvgIpc) is 2.29. The molecule has 1 aliphatic heterocycles. The first-order valence-electron chi connectivity index (χ1n) is 6.35. The van der Waals surface area contributed by atoms with Crippen LogP contribution in [0.3, 0.4) is 0 Å². The molecule has 0 saturated carbocycles. The lowest BCUT2D eigenvalue weighted by Gasteiger charge is -2.35. The van der Waals surface area contributed by atoms with E-state index < -0.39 is 24.5 Å². The van der Waals surface area contributed by atoms with Crippen LogP contribution in [0.25, 0.3) is 0 Å². The van der Waals surface area contributed by atoms with E-state index in [1.54, 1.807) is 6.92 Å². The van der Waals surface area contributed by atoms with E-state index in [-0.39, 0.29) is 18.9 Å². The van der Waals surface area contributed by atoms with E-state index in [0.717, 1.165) is 12.8 Å². The molecule has 0 aromatic rings. The maximum atomic E-state index is 10.3. The Morgan fingerprint density at radius 3 is 2.67 bits per heavy atom. The highest BCUT2D eigenvalue weighted by atomic mass is 16.7. The van der Waals surface area contributed by atoms with Gasteiger partial charge in [0.05, 0.1) is 12.2 Å². The van der Waals surface area contributed by atoms with Gasteiger partial charge in [0.25, 0.3) is 0 Å². The summed E-state index contributed by atoms with van der Waals surface area (Å²) in [7, 11) is 0. The van der Waals surface area contributed by atoms with Gasteiger partial charge in [-0.15, -0.1) is 0 Å². The molecule has 1 rings (SSSR count). The molecule has 6 nitrogen and oxygen atoms in total. The summed E-state index contributed by atoms with van der Waals surface area (Å²) in [5, 5.41) is 27.6. The molecule has 0 radical (unpaired) electrons. The molecule has 6 heteroatoms. The molecule has 3 N–H and O–H groups in total. The maximum Gasteiger partial charge on any atom is 0.303 e. The smallest absolute Gasteiger partial charge is 0.303 e. The standard InChI is InChI=1S/C12H22O6/c1-8-9(13)7-10(14)12(18-8)17-6-4-2-3-5-11(15)16/h8-10,12-14H,2-7H2,1H3,(H,15,16)/t8?,9-,10?,12-/m1/s1. The van der Waals surface area contributed by atoms with Gasteiger partial charge in [-0.25, -0.2) is 0 Å².